The summed E-state index contributed by atoms with van der Waals surface area (Å²) < 4.78 is 4.74. The maximum atomic E-state index is 13.9. The Morgan fingerprint density at radius 1 is 0.927 bits per heavy atom. The van der Waals surface area contributed by atoms with Crippen LogP contribution in [0.25, 0.3) is 27.7 Å². The molecule has 1 aliphatic rings. The molecule has 0 unspecified atom stereocenters. The summed E-state index contributed by atoms with van der Waals surface area (Å²) in [7, 11) is 0. The first kappa shape index (κ1) is 29.8. The van der Waals surface area contributed by atoms with Crippen molar-refractivity contribution < 1.29 is 4.79 Å². The molecule has 41 heavy (non-hydrogen) atoms. The fourth-order valence-electron chi connectivity index (χ4n) is 5.90. The Balaban J connectivity index is 1.57. The molecule has 220 valence electrons. The van der Waals surface area contributed by atoms with Crippen molar-refractivity contribution in [2.24, 2.45) is 11.8 Å². The van der Waals surface area contributed by atoms with E-state index in [1.54, 1.807) is 4.40 Å². The van der Waals surface area contributed by atoms with Gasteiger partial charge in [-0.15, -0.1) is 0 Å². The van der Waals surface area contributed by atoms with E-state index in [2.05, 4.69) is 53.1 Å². The van der Waals surface area contributed by atoms with Crippen molar-refractivity contribution in [1.82, 2.24) is 23.8 Å². The fraction of sp³-hybridized carbons (Fsp3) is 0.545. The van der Waals surface area contributed by atoms with E-state index >= 15 is 0 Å². The van der Waals surface area contributed by atoms with Gasteiger partial charge in [-0.3, -0.25) is 9.59 Å². The van der Waals surface area contributed by atoms with Gasteiger partial charge in [0, 0.05) is 29.7 Å². The number of fused-ring (bicyclic) bond motifs is 4. The lowest BCUT2D eigenvalue weighted by molar-refractivity contribution is 0.0741. The van der Waals surface area contributed by atoms with Crippen LogP contribution < -0.4 is 5.56 Å². The van der Waals surface area contributed by atoms with Crippen molar-refractivity contribution in [3.8, 4) is 0 Å². The Morgan fingerprint density at radius 2 is 1.63 bits per heavy atom. The van der Waals surface area contributed by atoms with Gasteiger partial charge in [0.15, 0.2) is 0 Å². The molecule has 0 saturated carbocycles. The van der Waals surface area contributed by atoms with Gasteiger partial charge in [0.25, 0.3) is 11.5 Å². The van der Waals surface area contributed by atoms with Crippen LogP contribution in [0.2, 0.25) is 0 Å². The number of aromatic nitrogens is 3. The molecule has 3 heterocycles. The highest BCUT2D eigenvalue weighted by molar-refractivity contribution is 9.10. The highest BCUT2D eigenvalue weighted by Gasteiger charge is 2.21. The van der Waals surface area contributed by atoms with Crippen LogP contribution in [0, 0.1) is 11.8 Å². The van der Waals surface area contributed by atoms with Gasteiger partial charge >= 0.3 is 0 Å². The zero-order valence-corrected chi connectivity index (χ0v) is 26.6. The molecule has 1 fully saturated rings. The lowest BCUT2D eigenvalue weighted by Crippen LogP contribution is -2.34. The van der Waals surface area contributed by atoms with Crippen molar-refractivity contribution in [2.45, 2.75) is 72.8 Å². The maximum absolute atomic E-state index is 13.9. The molecule has 4 aromatic rings. The van der Waals surface area contributed by atoms with Crippen molar-refractivity contribution in [2.75, 3.05) is 32.7 Å². The second-order valence-corrected chi connectivity index (χ2v) is 13.4. The van der Waals surface area contributed by atoms with Crippen molar-refractivity contribution >= 4 is 49.6 Å². The Labute approximate surface area is 251 Å². The lowest BCUT2D eigenvalue weighted by Gasteiger charge is -2.26. The maximum Gasteiger partial charge on any atom is 0.267 e. The van der Waals surface area contributed by atoms with Gasteiger partial charge in [-0.25, -0.2) is 9.38 Å². The molecule has 8 heteroatoms. The molecule has 1 amide bonds. The quantitative estimate of drug-likeness (QED) is 0.181. The largest absolute Gasteiger partial charge is 0.339 e. The summed E-state index contributed by atoms with van der Waals surface area (Å²) in [5.74, 6) is 1.76. The number of piperidine rings is 1. The van der Waals surface area contributed by atoms with Gasteiger partial charge in [0.2, 0.25) is 5.78 Å². The summed E-state index contributed by atoms with van der Waals surface area (Å²) in [5.41, 5.74) is 2.96. The summed E-state index contributed by atoms with van der Waals surface area (Å²) in [6.45, 7) is 14.4. The highest BCUT2D eigenvalue weighted by Crippen LogP contribution is 2.25. The SMILES string of the molecule is CC(C)CCN(CCC(C)C)C(=O)c1ccc2c(c1)n(CCCN1CCCCC1)c1nc3ccc(Br)cc3c(=O)n21. The Kier molecular flexibility index (Phi) is 9.49. The average Bonchev–Trinajstić information content (AvgIpc) is 3.26. The number of rotatable bonds is 11. The van der Waals surface area contributed by atoms with Crippen molar-refractivity contribution in [1.29, 1.82) is 0 Å². The standard InChI is InChI=1S/C33H44BrN5O2/c1-23(2)13-19-37(20-14-24(3)4)31(40)25-9-12-29-30(21-25)38(18-8-17-36-15-6-5-7-16-36)33-35-28-11-10-26(34)22-27(28)32(41)39(29)33/h9-12,21-24H,5-8,13-20H2,1-4H3. The normalized spacial score (nSPS) is 14.7. The summed E-state index contributed by atoms with van der Waals surface area (Å²) in [6.07, 6.45) is 6.77. The van der Waals surface area contributed by atoms with Gasteiger partial charge in [0.1, 0.15) is 0 Å². The third kappa shape index (κ3) is 6.69. The third-order valence-corrected chi connectivity index (χ3v) is 8.85. The molecule has 1 aliphatic heterocycles. The van der Waals surface area contributed by atoms with E-state index in [9.17, 15) is 9.59 Å². The van der Waals surface area contributed by atoms with Crippen LogP contribution in [0.3, 0.4) is 0 Å². The topological polar surface area (TPSA) is 62.9 Å². The van der Waals surface area contributed by atoms with Crippen LogP contribution in [-0.2, 0) is 6.54 Å². The molecule has 0 bridgehead atoms. The molecule has 0 N–H and O–H groups in total. The second-order valence-electron chi connectivity index (χ2n) is 12.5. The zero-order valence-electron chi connectivity index (χ0n) is 25.0. The predicted octanol–water partition coefficient (Wildman–Crippen LogP) is 6.98. The van der Waals surface area contributed by atoms with Crippen LogP contribution in [-0.4, -0.2) is 62.4 Å². The molecule has 5 rings (SSSR count). The van der Waals surface area contributed by atoms with Gasteiger partial charge in [0.05, 0.1) is 21.9 Å². The number of aryl methyl sites for hydroxylation is 1. The third-order valence-electron chi connectivity index (χ3n) is 8.35. The first-order valence-corrected chi connectivity index (χ1v) is 16.2. The zero-order chi connectivity index (χ0) is 29.1. The minimum atomic E-state index is -0.0827. The van der Waals surface area contributed by atoms with Gasteiger partial charge < -0.3 is 14.4 Å². The summed E-state index contributed by atoms with van der Waals surface area (Å²) >= 11 is 3.51. The number of likely N-dealkylation sites (tertiary alicyclic amines) is 1. The molecule has 0 radical (unpaired) electrons. The predicted molar refractivity (Wildman–Crippen MR) is 172 cm³/mol. The van der Waals surface area contributed by atoms with E-state index in [4.69, 9.17) is 4.98 Å². The van der Waals surface area contributed by atoms with Gasteiger partial charge in [-0.2, -0.15) is 0 Å². The molecule has 0 aliphatic carbocycles. The molecule has 0 atom stereocenters. The minimum Gasteiger partial charge on any atom is -0.339 e. The molecule has 0 spiro atoms. The van der Waals surface area contributed by atoms with E-state index in [1.165, 1.54) is 19.3 Å². The number of hydrogen-bond acceptors (Lipinski definition) is 4. The van der Waals surface area contributed by atoms with Crippen LogP contribution in [0.15, 0.2) is 45.7 Å². The number of amides is 1. The van der Waals surface area contributed by atoms with Crippen LogP contribution in [0.5, 0.6) is 0 Å². The first-order chi connectivity index (χ1) is 19.7. The fourth-order valence-corrected chi connectivity index (χ4v) is 6.26. The van der Waals surface area contributed by atoms with E-state index < -0.39 is 0 Å². The van der Waals surface area contributed by atoms with Crippen LogP contribution in [0.4, 0.5) is 0 Å². The first-order valence-electron chi connectivity index (χ1n) is 15.4. The average molecular weight is 623 g/mol. The highest BCUT2D eigenvalue weighted by atomic mass is 79.9. The number of carbonyl (C=O) groups excluding carboxylic acids is 1. The Bertz CT molecular complexity index is 1570. The number of nitrogens with zero attached hydrogens (tertiary/aromatic N) is 5. The lowest BCUT2D eigenvalue weighted by atomic mass is 10.1. The molecular weight excluding hydrogens is 578 g/mol. The Hall–Kier alpha value is -2.71. The number of halogens is 1. The van der Waals surface area contributed by atoms with Crippen LogP contribution in [0.1, 0.15) is 76.6 Å². The monoisotopic (exact) mass is 621 g/mol. The smallest absolute Gasteiger partial charge is 0.267 e. The summed E-state index contributed by atoms with van der Waals surface area (Å²) in [6, 6.07) is 11.5. The number of carbonyl (C=O) groups is 1. The summed E-state index contributed by atoms with van der Waals surface area (Å²) in [4.78, 5) is 37.2. The molecule has 7 nitrogen and oxygen atoms in total. The van der Waals surface area contributed by atoms with E-state index in [1.807, 2.05) is 41.3 Å². The van der Waals surface area contributed by atoms with E-state index in [-0.39, 0.29) is 11.5 Å². The molecule has 1 saturated heterocycles. The van der Waals surface area contributed by atoms with Crippen molar-refractivity contribution in [3.63, 3.8) is 0 Å². The van der Waals surface area contributed by atoms with Crippen LogP contribution >= 0.6 is 15.9 Å². The molecule has 2 aromatic carbocycles. The number of benzene rings is 2. The van der Waals surface area contributed by atoms with E-state index in [0.717, 1.165) is 74.0 Å². The molecule has 2 aromatic heterocycles. The second kappa shape index (κ2) is 13.1. The minimum absolute atomic E-state index is 0.0627. The summed E-state index contributed by atoms with van der Waals surface area (Å²) in [5, 5.41) is 0.581. The Morgan fingerprint density at radius 3 is 2.32 bits per heavy atom. The van der Waals surface area contributed by atoms with Gasteiger partial charge in [-0.1, -0.05) is 50.0 Å². The van der Waals surface area contributed by atoms with E-state index in [0.29, 0.717) is 34.1 Å². The van der Waals surface area contributed by atoms with Crippen molar-refractivity contribution in [3.05, 3.63) is 56.8 Å². The number of hydrogen-bond donors (Lipinski definition) is 0. The number of imidazole rings is 1. The van der Waals surface area contributed by atoms with Gasteiger partial charge in [-0.05, 0) is 100.0 Å². The molecular formula is C33H44BrN5O2.